The van der Waals surface area contributed by atoms with Crippen LogP contribution in [-0.2, 0) is 13.6 Å². The van der Waals surface area contributed by atoms with Crippen LogP contribution in [0.15, 0.2) is 16.9 Å². The zero-order valence-corrected chi connectivity index (χ0v) is 9.76. The molecule has 6 heteroatoms. The average molecular weight is 233 g/mol. The Bertz CT molecular complexity index is 499. The van der Waals surface area contributed by atoms with E-state index in [4.69, 9.17) is 4.52 Å². The first kappa shape index (κ1) is 10.5. The fourth-order valence-corrected chi connectivity index (χ4v) is 1.69. The van der Waals surface area contributed by atoms with Crippen molar-refractivity contribution in [1.29, 1.82) is 0 Å². The van der Waals surface area contributed by atoms with Crippen LogP contribution in [0, 0.1) is 5.92 Å². The molecule has 90 valence electrons. The Kier molecular flexibility index (Phi) is 2.64. The summed E-state index contributed by atoms with van der Waals surface area (Å²) in [7, 11) is 1.86. The topological polar surface area (TPSA) is 68.8 Å². The Morgan fingerprint density at radius 3 is 3.12 bits per heavy atom. The van der Waals surface area contributed by atoms with Crippen molar-refractivity contribution in [3.63, 3.8) is 0 Å². The maximum atomic E-state index is 5.17. The van der Waals surface area contributed by atoms with Crippen molar-refractivity contribution in [2.75, 3.05) is 6.54 Å². The van der Waals surface area contributed by atoms with Crippen LogP contribution in [0.2, 0.25) is 0 Å². The van der Waals surface area contributed by atoms with Crippen molar-refractivity contribution in [3.8, 4) is 11.4 Å². The van der Waals surface area contributed by atoms with Crippen LogP contribution in [0.1, 0.15) is 18.7 Å². The summed E-state index contributed by atoms with van der Waals surface area (Å²) in [5.74, 6) is 2.08. The minimum Gasteiger partial charge on any atom is -0.338 e. The van der Waals surface area contributed by atoms with Crippen LogP contribution < -0.4 is 5.32 Å². The van der Waals surface area contributed by atoms with Gasteiger partial charge in [0.1, 0.15) is 0 Å². The highest BCUT2D eigenvalue weighted by molar-refractivity contribution is 5.50. The molecule has 17 heavy (non-hydrogen) atoms. The largest absolute Gasteiger partial charge is 0.338 e. The van der Waals surface area contributed by atoms with Gasteiger partial charge in [0.2, 0.25) is 11.7 Å². The lowest BCUT2D eigenvalue weighted by Gasteiger charge is -1.96. The van der Waals surface area contributed by atoms with Gasteiger partial charge in [0.25, 0.3) is 0 Å². The molecule has 6 nitrogen and oxygen atoms in total. The first-order valence-electron chi connectivity index (χ1n) is 5.83. The highest BCUT2D eigenvalue weighted by Crippen LogP contribution is 2.27. The van der Waals surface area contributed by atoms with Crippen LogP contribution in [0.25, 0.3) is 11.4 Å². The molecule has 2 aromatic rings. The van der Waals surface area contributed by atoms with Gasteiger partial charge in [0.05, 0.1) is 18.3 Å². The number of rotatable bonds is 5. The zero-order valence-electron chi connectivity index (χ0n) is 9.76. The maximum absolute atomic E-state index is 5.17. The summed E-state index contributed by atoms with van der Waals surface area (Å²) in [6.07, 6.45) is 6.29. The third-order valence-corrected chi connectivity index (χ3v) is 2.84. The highest BCUT2D eigenvalue weighted by Gasteiger charge is 2.20. The summed E-state index contributed by atoms with van der Waals surface area (Å²) >= 11 is 0. The summed E-state index contributed by atoms with van der Waals surface area (Å²) in [5, 5.41) is 11.3. The van der Waals surface area contributed by atoms with Crippen molar-refractivity contribution in [2.45, 2.75) is 19.4 Å². The smallest absolute Gasteiger partial charge is 0.240 e. The lowest BCUT2D eigenvalue weighted by Crippen LogP contribution is -2.16. The van der Waals surface area contributed by atoms with Crippen molar-refractivity contribution >= 4 is 0 Å². The molecule has 0 saturated heterocycles. The Labute approximate surface area is 99.0 Å². The molecule has 1 fully saturated rings. The minimum absolute atomic E-state index is 0.598. The Morgan fingerprint density at radius 2 is 2.41 bits per heavy atom. The molecule has 1 aliphatic carbocycles. The van der Waals surface area contributed by atoms with E-state index in [2.05, 4.69) is 20.6 Å². The summed E-state index contributed by atoms with van der Waals surface area (Å²) in [6, 6.07) is 0. The second-order valence-electron chi connectivity index (χ2n) is 4.49. The van der Waals surface area contributed by atoms with Gasteiger partial charge >= 0.3 is 0 Å². The highest BCUT2D eigenvalue weighted by atomic mass is 16.5. The predicted molar refractivity (Wildman–Crippen MR) is 60.9 cm³/mol. The molecule has 0 spiro atoms. The molecule has 2 heterocycles. The van der Waals surface area contributed by atoms with E-state index in [9.17, 15) is 0 Å². The third kappa shape index (κ3) is 2.52. The monoisotopic (exact) mass is 233 g/mol. The zero-order chi connectivity index (χ0) is 11.7. The van der Waals surface area contributed by atoms with E-state index in [0.29, 0.717) is 18.3 Å². The van der Waals surface area contributed by atoms with Crippen molar-refractivity contribution in [2.24, 2.45) is 13.0 Å². The second kappa shape index (κ2) is 4.29. The van der Waals surface area contributed by atoms with E-state index in [1.165, 1.54) is 12.8 Å². The molecule has 0 aliphatic heterocycles. The third-order valence-electron chi connectivity index (χ3n) is 2.84. The standard InChI is InChI=1S/C11H15N5O/c1-16-7-9(5-13-16)11-14-10(17-15-11)6-12-4-8-2-3-8/h5,7-8,12H,2-4,6H2,1H3. The Balaban J connectivity index is 1.61. The van der Waals surface area contributed by atoms with Gasteiger partial charge in [0.15, 0.2) is 0 Å². The van der Waals surface area contributed by atoms with Gasteiger partial charge in [-0.05, 0) is 25.3 Å². The number of aromatic nitrogens is 4. The molecule has 1 saturated carbocycles. The van der Waals surface area contributed by atoms with E-state index in [-0.39, 0.29) is 0 Å². The number of aryl methyl sites for hydroxylation is 1. The Hall–Kier alpha value is -1.69. The first-order chi connectivity index (χ1) is 8.31. The second-order valence-corrected chi connectivity index (χ2v) is 4.49. The van der Waals surface area contributed by atoms with Crippen LogP contribution in [0.4, 0.5) is 0 Å². The summed E-state index contributed by atoms with van der Waals surface area (Å²) in [4.78, 5) is 4.32. The van der Waals surface area contributed by atoms with Crippen molar-refractivity contribution in [1.82, 2.24) is 25.2 Å². The lowest BCUT2D eigenvalue weighted by molar-refractivity contribution is 0.367. The molecule has 0 atom stereocenters. The first-order valence-corrected chi connectivity index (χ1v) is 5.83. The van der Waals surface area contributed by atoms with Gasteiger partial charge in [-0.2, -0.15) is 10.1 Å². The van der Waals surface area contributed by atoms with Gasteiger partial charge in [-0.25, -0.2) is 0 Å². The summed E-state index contributed by atoms with van der Waals surface area (Å²) in [5.41, 5.74) is 0.879. The lowest BCUT2D eigenvalue weighted by atomic mass is 10.3. The predicted octanol–water partition coefficient (Wildman–Crippen LogP) is 0.970. The van der Waals surface area contributed by atoms with E-state index >= 15 is 0 Å². The summed E-state index contributed by atoms with van der Waals surface area (Å²) < 4.78 is 6.89. The molecule has 3 rings (SSSR count). The van der Waals surface area contributed by atoms with Gasteiger partial charge in [-0.3, -0.25) is 4.68 Å². The van der Waals surface area contributed by atoms with E-state index < -0.39 is 0 Å². The van der Waals surface area contributed by atoms with Crippen LogP contribution in [-0.4, -0.2) is 26.5 Å². The molecule has 0 amide bonds. The van der Waals surface area contributed by atoms with E-state index in [0.717, 1.165) is 18.0 Å². The molecular formula is C11H15N5O. The van der Waals surface area contributed by atoms with Gasteiger partial charge in [-0.15, -0.1) is 0 Å². The van der Waals surface area contributed by atoms with Crippen LogP contribution >= 0.6 is 0 Å². The molecule has 1 aliphatic rings. The quantitative estimate of drug-likeness (QED) is 0.833. The molecule has 0 bridgehead atoms. The number of hydrogen-bond acceptors (Lipinski definition) is 5. The maximum Gasteiger partial charge on any atom is 0.240 e. The van der Waals surface area contributed by atoms with Crippen LogP contribution in [0.3, 0.4) is 0 Å². The average Bonchev–Trinajstić information content (AvgIpc) is 2.85. The van der Waals surface area contributed by atoms with E-state index in [1.54, 1.807) is 10.9 Å². The van der Waals surface area contributed by atoms with Crippen molar-refractivity contribution in [3.05, 3.63) is 18.3 Å². The van der Waals surface area contributed by atoms with Gasteiger partial charge in [-0.1, -0.05) is 5.16 Å². The number of nitrogens with one attached hydrogen (secondary N) is 1. The minimum atomic E-state index is 0.598. The van der Waals surface area contributed by atoms with E-state index in [1.807, 2.05) is 13.2 Å². The fraction of sp³-hybridized carbons (Fsp3) is 0.545. The van der Waals surface area contributed by atoms with Crippen LogP contribution in [0.5, 0.6) is 0 Å². The fourth-order valence-electron chi connectivity index (χ4n) is 1.69. The van der Waals surface area contributed by atoms with Crippen molar-refractivity contribution < 1.29 is 4.52 Å². The van der Waals surface area contributed by atoms with Gasteiger partial charge < -0.3 is 9.84 Å². The molecule has 1 N–H and O–H groups in total. The molecular weight excluding hydrogens is 218 g/mol. The molecule has 0 unspecified atom stereocenters. The molecule has 0 radical (unpaired) electrons. The SMILES string of the molecule is Cn1cc(-c2noc(CNCC3CC3)n2)cn1. The number of hydrogen-bond donors (Lipinski definition) is 1. The Morgan fingerprint density at radius 1 is 1.53 bits per heavy atom. The number of nitrogens with zero attached hydrogens (tertiary/aromatic N) is 4. The molecule has 0 aromatic carbocycles. The van der Waals surface area contributed by atoms with Gasteiger partial charge in [0, 0.05) is 13.2 Å². The summed E-state index contributed by atoms with van der Waals surface area (Å²) in [6.45, 7) is 1.69. The molecule has 2 aromatic heterocycles. The normalized spacial score (nSPS) is 15.4.